The van der Waals surface area contributed by atoms with Gasteiger partial charge in [0.05, 0.1) is 6.04 Å². The summed E-state index contributed by atoms with van der Waals surface area (Å²) >= 11 is 1.18. The molecular formula is C21H19FN4O2S. The molecule has 1 aliphatic heterocycles. The first-order valence-corrected chi connectivity index (χ1v) is 10.1. The number of hydrogen-bond acceptors (Lipinski definition) is 5. The first kappa shape index (κ1) is 19.2. The van der Waals surface area contributed by atoms with Gasteiger partial charge in [-0.15, -0.1) is 10.2 Å². The number of rotatable bonds is 4. The van der Waals surface area contributed by atoms with E-state index in [1.54, 1.807) is 4.90 Å². The topological polar surface area (TPSA) is 75.2 Å². The summed E-state index contributed by atoms with van der Waals surface area (Å²) in [6, 6.07) is 12.8. The van der Waals surface area contributed by atoms with Gasteiger partial charge in [0.1, 0.15) is 10.8 Å². The van der Waals surface area contributed by atoms with Gasteiger partial charge in [0.2, 0.25) is 5.01 Å². The van der Waals surface area contributed by atoms with Crippen LogP contribution in [0.3, 0.4) is 0 Å². The van der Waals surface area contributed by atoms with Crippen molar-refractivity contribution in [1.82, 2.24) is 15.1 Å². The lowest BCUT2D eigenvalue weighted by molar-refractivity contribution is 0.0734. The third-order valence-electron chi connectivity index (χ3n) is 4.80. The highest BCUT2D eigenvalue weighted by molar-refractivity contribution is 7.13. The van der Waals surface area contributed by atoms with Crippen LogP contribution in [-0.2, 0) is 0 Å². The molecule has 0 bridgehead atoms. The van der Waals surface area contributed by atoms with Crippen molar-refractivity contribution in [1.29, 1.82) is 0 Å². The number of anilines is 1. The molecule has 29 heavy (non-hydrogen) atoms. The van der Waals surface area contributed by atoms with Crippen LogP contribution in [0.5, 0.6) is 0 Å². The average Bonchev–Trinajstić information content (AvgIpc) is 3.38. The Bertz CT molecular complexity index is 1050. The zero-order valence-corrected chi connectivity index (χ0v) is 16.6. The summed E-state index contributed by atoms with van der Waals surface area (Å²) in [6.45, 7) is 2.60. The van der Waals surface area contributed by atoms with Crippen LogP contribution < -0.4 is 5.32 Å². The van der Waals surface area contributed by atoms with Crippen LogP contribution in [0.2, 0.25) is 0 Å². The highest BCUT2D eigenvalue weighted by atomic mass is 32.1. The number of hydrogen-bond donors (Lipinski definition) is 1. The predicted octanol–water partition coefficient (Wildman–Crippen LogP) is 4.22. The van der Waals surface area contributed by atoms with Gasteiger partial charge in [0, 0.05) is 17.8 Å². The summed E-state index contributed by atoms with van der Waals surface area (Å²) in [7, 11) is 0. The van der Waals surface area contributed by atoms with Gasteiger partial charge in [0.25, 0.3) is 11.8 Å². The molecule has 4 rings (SSSR count). The van der Waals surface area contributed by atoms with E-state index in [0.29, 0.717) is 22.8 Å². The van der Waals surface area contributed by atoms with Gasteiger partial charge in [-0.05, 0) is 56.2 Å². The van der Waals surface area contributed by atoms with Crippen molar-refractivity contribution in [2.24, 2.45) is 0 Å². The molecule has 0 unspecified atom stereocenters. The molecule has 148 valence electrons. The molecular weight excluding hydrogens is 391 g/mol. The molecule has 0 spiro atoms. The fourth-order valence-electron chi connectivity index (χ4n) is 3.39. The molecule has 2 heterocycles. The molecule has 1 aromatic heterocycles. The second kappa shape index (κ2) is 8.08. The number of nitrogens with zero attached hydrogens (tertiary/aromatic N) is 3. The molecule has 1 atom stereocenters. The van der Waals surface area contributed by atoms with E-state index in [4.69, 9.17) is 0 Å². The monoisotopic (exact) mass is 410 g/mol. The Morgan fingerprint density at radius 1 is 1.17 bits per heavy atom. The van der Waals surface area contributed by atoms with Gasteiger partial charge in [-0.3, -0.25) is 9.59 Å². The van der Waals surface area contributed by atoms with Gasteiger partial charge in [-0.2, -0.15) is 0 Å². The van der Waals surface area contributed by atoms with Gasteiger partial charge in [0.15, 0.2) is 0 Å². The first-order chi connectivity index (χ1) is 14.0. The number of carbonyl (C=O) groups is 2. The van der Waals surface area contributed by atoms with E-state index >= 15 is 0 Å². The summed E-state index contributed by atoms with van der Waals surface area (Å²) in [5.41, 5.74) is 2.16. The van der Waals surface area contributed by atoms with Crippen molar-refractivity contribution in [3.63, 3.8) is 0 Å². The van der Waals surface area contributed by atoms with Crippen LogP contribution in [0.25, 0.3) is 0 Å². The number of likely N-dealkylation sites (tertiary alicyclic amines) is 1. The molecule has 0 aliphatic carbocycles. The fraction of sp³-hybridized carbons (Fsp3) is 0.238. The van der Waals surface area contributed by atoms with Crippen molar-refractivity contribution in [2.75, 3.05) is 11.9 Å². The Hall–Kier alpha value is -3.13. The van der Waals surface area contributed by atoms with Crippen molar-refractivity contribution in [3.05, 3.63) is 75.5 Å². The Balaban J connectivity index is 1.49. The zero-order chi connectivity index (χ0) is 20.4. The van der Waals surface area contributed by atoms with Crippen molar-refractivity contribution >= 4 is 28.8 Å². The third kappa shape index (κ3) is 4.17. The summed E-state index contributed by atoms with van der Waals surface area (Å²) in [4.78, 5) is 27.2. The molecule has 1 N–H and O–H groups in total. The van der Waals surface area contributed by atoms with Crippen LogP contribution in [0.4, 0.5) is 10.1 Å². The minimum absolute atomic E-state index is 0.0382. The highest BCUT2D eigenvalue weighted by Gasteiger charge is 2.33. The largest absolute Gasteiger partial charge is 0.329 e. The van der Waals surface area contributed by atoms with Gasteiger partial charge >= 0.3 is 0 Å². The highest BCUT2D eigenvalue weighted by Crippen LogP contribution is 2.34. The van der Waals surface area contributed by atoms with Crippen LogP contribution in [0, 0.1) is 12.7 Å². The summed E-state index contributed by atoms with van der Waals surface area (Å²) in [5.74, 6) is -0.820. The van der Waals surface area contributed by atoms with Crippen molar-refractivity contribution in [3.8, 4) is 0 Å². The van der Waals surface area contributed by atoms with Crippen LogP contribution in [0.15, 0.2) is 48.5 Å². The second-order valence-corrected chi connectivity index (χ2v) is 7.94. The maximum Gasteiger partial charge on any atom is 0.286 e. The first-order valence-electron chi connectivity index (χ1n) is 9.29. The lowest BCUT2D eigenvalue weighted by Crippen LogP contribution is -2.30. The standard InChI is InChI=1S/C21H19FN4O2S/c1-13-4-2-5-14(12-13)21(28)26-11-3-6-17(26)19-24-25-20(29-19)18(27)23-16-9-7-15(22)8-10-16/h2,4-5,7-10,12,17H,3,6,11H2,1H3,(H,23,27)/t17-/m0/s1. The third-order valence-corrected chi connectivity index (χ3v) is 5.82. The second-order valence-electron chi connectivity index (χ2n) is 6.93. The number of aryl methyl sites for hydroxylation is 1. The minimum Gasteiger partial charge on any atom is -0.329 e. The summed E-state index contributed by atoms with van der Waals surface area (Å²) in [5, 5.41) is 11.7. The Kier molecular flexibility index (Phi) is 5.35. The van der Waals surface area contributed by atoms with E-state index < -0.39 is 5.91 Å². The van der Waals surface area contributed by atoms with Crippen LogP contribution >= 0.6 is 11.3 Å². The molecule has 2 aromatic carbocycles. The molecule has 1 saturated heterocycles. The van der Waals surface area contributed by atoms with Crippen molar-refractivity contribution in [2.45, 2.75) is 25.8 Å². The number of amides is 2. The normalized spacial score (nSPS) is 16.1. The van der Waals surface area contributed by atoms with Gasteiger partial charge in [-0.25, -0.2) is 4.39 Å². The van der Waals surface area contributed by atoms with Crippen molar-refractivity contribution < 1.29 is 14.0 Å². The lowest BCUT2D eigenvalue weighted by Gasteiger charge is -2.23. The summed E-state index contributed by atoms with van der Waals surface area (Å²) < 4.78 is 13.0. The molecule has 2 amide bonds. The number of carbonyl (C=O) groups excluding carboxylic acids is 2. The maximum absolute atomic E-state index is 13.0. The average molecular weight is 410 g/mol. The van der Waals surface area contributed by atoms with Crippen LogP contribution in [0.1, 0.15) is 49.6 Å². The maximum atomic E-state index is 13.0. The SMILES string of the molecule is Cc1cccc(C(=O)N2CCC[C@H]2c2nnc(C(=O)Nc3ccc(F)cc3)s2)c1. The Morgan fingerprint density at radius 3 is 2.72 bits per heavy atom. The van der Waals surface area contributed by atoms with Crippen LogP contribution in [-0.4, -0.2) is 33.5 Å². The molecule has 8 heteroatoms. The van der Waals surface area contributed by atoms with E-state index in [2.05, 4.69) is 15.5 Å². The zero-order valence-electron chi connectivity index (χ0n) is 15.8. The molecule has 1 aliphatic rings. The van der Waals surface area contributed by atoms with E-state index in [-0.39, 0.29) is 22.8 Å². The molecule has 0 radical (unpaired) electrons. The molecule has 3 aromatic rings. The van der Waals surface area contributed by atoms with E-state index in [1.807, 2.05) is 31.2 Å². The molecule has 1 fully saturated rings. The Labute approximate surface area is 171 Å². The predicted molar refractivity (Wildman–Crippen MR) is 108 cm³/mol. The number of aromatic nitrogens is 2. The van der Waals surface area contributed by atoms with E-state index in [1.165, 1.54) is 35.6 Å². The number of nitrogens with one attached hydrogen (secondary N) is 1. The fourth-order valence-corrected chi connectivity index (χ4v) is 4.28. The smallest absolute Gasteiger partial charge is 0.286 e. The Morgan fingerprint density at radius 2 is 1.97 bits per heavy atom. The van der Waals surface area contributed by atoms with E-state index in [0.717, 1.165) is 18.4 Å². The number of halogens is 1. The van der Waals surface area contributed by atoms with E-state index in [9.17, 15) is 14.0 Å². The minimum atomic E-state index is -0.407. The quantitative estimate of drug-likeness (QED) is 0.699. The van der Waals surface area contributed by atoms with Gasteiger partial charge < -0.3 is 10.2 Å². The molecule has 6 nitrogen and oxygen atoms in total. The number of benzene rings is 2. The molecule has 0 saturated carbocycles. The van der Waals surface area contributed by atoms with Gasteiger partial charge in [-0.1, -0.05) is 29.0 Å². The lowest BCUT2D eigenvalue weighted by atomic mass is 10.1. The summed E-state index contributed by atoms with van der Waals surface area (Å²) in [6.07, 6.45) is 1.66.